The van der Waals surface area contributed by atoms with Crippen LogP contribution in [0, 0.1) is 13.8 Å². The molecule has 140 valence electrons. The number of nitrogens with one attached hydrogen (secondary N) is 2. The predicted molar refractivity (Wildman–Crippen MR) is 119 cm³/mol. The van der Waals surface area contributed by atoms with Gasteiger partial charge in [0, 0.05) is 12.2 Å². The standard InChI is InChI=1S/C21H23BrN4S/c1-15-20(22)16(2)26(25-15)14-18-9-6-10-19(13-18)24-21(27)23-12-11-17-7-4-3-5-8-17/h3-10,13H,11-12,14H2,1-2H3,(H2,23,24,27). The minimum absolute atomic E-state index is 0.636. The molecule has 0 amide bonds. The van der Waals surface area contributed by atoms with Crippen molar-refractivity contribution in [1.29, 1.82) is 0 Å². The van der Waals surface area contributed by atoms with E-state index < -0.39 is 0 Å². The van der Waals surface area contributed by atoms with Crippen LogP contribution in [0.15, 0.2) is 59.1 Å². The predicted octanol–water partition coefficient (Wildman–Crippen LogP) is 4.84. The Morgan fingerprint density at radius 2 is 1.81 bits per heavy atom. The maximum Gasteiger partial charge on any atom is 0.170 e. The van der Waals surface area contributed by atoms with Gasteiger partial charge in [0.15, 0.2) is 5.11 Å². The van der Waals surface area contributed by atoms with Crippen molar-refractivity contribution < 1.29 is 0 Å². The summed E-state index contributed by atoms with van der Waals surface area (Å²) in [6.45, 7) is 5.60. The molecule has 0 aliphatic carbocycles. The molecule has 0 atom stereocenters. The van der Waals surface area contributed by atoms with Gasteiger partial charge in [-0.2, -0.15) is 5.10 Å². The van der Waals surface area contributed by atoms with Crippen LogP contribution < -0.4 is 10.6 Å². The monoisotopic (exact) mass is 442 g/mol. The molecule has 0 spiro atoms. The zero-order chi connectivity index (χ0) is 19.2. The van der Waals surface area contributed by atoms with Crippen molar-refractivity contribution in [3.8, 4) is 0 Å². The van der Waals surface area contributed by atoms with Crippen LogP contribution in [0.2, 0.25) is 0 Å². The number of anilines is 1. The molecule has 27 heavy (non-hydrogen) atoms. The van der Waals surface area contributed by atoms with Crippen LogP contribution in [0.25, 0.3) is 0 Å². The summed E-state index contributed by atoms with van der Waals surface area (Å²) in [6.07, 6.45) is 0.940. The number of halogens is 1. The molecule has 1 aromatic heterocycles. The number of rotatable bonds is 6. The highest BCUT2D eigenvalue weighted by molar-refractivity contribution is 9.10. The van der Waals surface area contributed by atoms with Crippen molar-refractivity contribution in [3.05, 3.63) is 81.6 Å². The fourth-order valence-corrected chi connectivity index (χ4v) is 3.39. The first-order valence-electron chi connectivity index (χ1n) is 8.90. The molecule has 4 nitrogen and oxygen atoms in total. The van der Waals surface area contributed by atoms with E-state index in [9.17, 15) is 0 Å². The quantitative estimate of drug-likeness (QED) is 0.535. The zero-order valence-electron chi connectivity index (χ0n) is 15.5. The van der Waals surface area contributed by atoms with Crippen LogP contribution in [-0.2, 0) is 13.0 Å². The van der Waals surface area contributed by atoms with E-state index in [-0.39, 0.29) is 0 Å². The Hall–Kier alpha value is -2.18. The summed E-state index contributed by atoms with van der Waals surface area (Å²) >= 11 is 9.00. The van der Waals surface area contributed by atoms with Gasteiger partial charge in [-0.1, -0.05) is 42.5 Å². The van der Waals surface area contributed by atoms with Gasteiger partial charge in [0.05, 0.1) is 22.4 Å². The van der Waals surface area contributed by atoms with Gasteiger partial charge in [-0.3, -0.25) is 4.68 Å². The Bertz CT molecular complexity index is 921. The molecule has 6 heteroatoms. The molecule has 0 saturated heterocycles. The van der Waals surface area contributed by atoms with E-state index in [1.165, 1.54) is 11.1 Å². The molecule has 3 aromatic rings. The fraction of sp³-hybridized carbons (Fsp3) is 0.238. The molecule has 0 bridgehead atoms. The van der Waals surface area contributed by atoms with E-state index in [2.05, 4.69) is 75.0 Å². The number of aromatic nitrogens is 2. The third kappa shape index (κ3) is 5.40. The first kappa shape index (κ1) is 19.6. The molecular formula is C21H23BrN4S. The Morgan fingerprint density at radius 3 is 2.52 bits per heavy atom. The summed E-state index contributed by atoms with van der Waals surface area (Å²) in [5.74, 6) is 0. The largest absolute Gasteiger partial charge is 0.362 e. The molecule has 0 unspecified atom stereocenters. The van der Waals surface area contributed by atoms with Gasteiger partial charge in [-0.05, 0) is 71.7 Å². The van der Waals surface area contributed by atoms with Crippen molar-refractivity contribution in [2.45, 2.75) is 26.8 Å². The van der Waals surface area contributed by atoms with Crippen molar-refractivity contribution in [3.63, 3.8) is 0 Å². The Kier molecular flexibility index (Phi) is 6.63. The van der Waals surface area contributed by atoms with Gasteiger partial charge in [0.1, 0.15) is 0 Å². The number of hydrogen-bond donors (Lipinski definition) is 2. The molecule has 2 N–H and O–H groups in total. The normalized spacial score (nSPS) is 10.6. The third-order valence-corrected chi connectivity index (χ3v) is 5.75. The number of thiocarbonyl (C=S) groups is 1. The van der Waals surface area contributed by atoms with Gasteiger partial charge in [0.25, 0.3) is 0 Å². The molecule has 0 fully saturated rings. The lowest BCUT2D eigenvalue weighted by Crippen LogP contribution is -2.30. The van der Waals surface area contributed by atoms with Crippen molar-refractivity contribution in [2.24, 2.45) is 0 Å². The second-order valence-electron chi connectivity index (χ2n) is 6.46. The summed E-state index contributed by atoms with van der Waals surface area (Å²) in [4.78, 5) is 0. The second-order valence-corrected chi connectivity index (χ2v) is 7.66. The van der Waals surface area contributed by atoms with Crippen molar-refractivity contribution >= 4 is 38.9 Å². The average molecular weight is 443 g/mol. The van der Waals surface area contributed by atoms with E-state index in [1.54, 1.807) is 0 Å². The van der Waals surface area contributed by atoms with Crippen molar-refractivity contribution in [2.75, 3.05) is 11.9 Å². The van der Waals surface area contributed by atoms with Gasteiger partial charge in [0.2, 0.25) is 0 Å². The van der Waals surface area contributed by atoms with Crippen LogP contribution in [0.3, 0.4) is 0 Å². The topological polar surface area (TPSA) is 41.9 Å². The fourth-order valence-electron chi connectivity index (χ4n) is 2.89. The number of aryl methyl sites for hydroxylation is 1. The molecule has 3 rings (SSSR count). The summed E-state index contributed by atoms with van der Waals surface area (Å²) in [5.41, 5.74) is 5.58. The first-order valence-corrected chi connectivity index (χ1v) is 10.1. The second kappa shape index (κ2) is 9.15. The SMILES string of the molecule is Cc1nn(Cc2cccc(NC(=S)NCCc3ccccc3)c2)c(C)c1Br. The molecule has 0 aliphatic heterocycles. The lowest BCUT2D eigenvalue weighted by molar-refractivity contribution is 0.659. The first-order chi connectivity index (χ1) is 13.0. The molecular weight excluding hydrogens is 420 g/mol. The van der Waals surface area contributed by atoms with Crippen LogP contribution in [0.4, 0.5) is 5.69 Å². The van der Waals surface area contributed by atoms with E-state index in [1.807, 2.05) is 29.8 Å². The Morgan fingerprint density at radius 1 is 1.07 bits per heavy atom. The number of nitrogens with zero attached hydrogens (tertiary/aromatic N) is 2. The maximum absolute atomic E-state index is 5.42. The third-order valence-electron chi connectivity index (χ3n) is 4.35. The molecule has 0 aliphatic rings. The Balaban J connectivity index is 1.55. The summed E-state index contributed by atoms with van der Waals surface area (Å²) in [6, 6.07) is 18.6. The lowest BCUT2D eigenvalue weighted by Gasteiger charge is -2.12. The summed E-state index contributed by atoms with van der Waals surface area (Å²) in [5, 5.41) is 11.7. The Labute approximate surface area is 174 Å². The molecule has 0 radical (unpaired) electrons. The van der Waals surface area contributed by atoms with Crippen LogP contribution in [0.1, 0.15) is 22.5 Å². The highest BCUT2D eigenvalue weighted by atomic mass is 79.9. The summed E-state index contributed by atoms with van der Waals surface area (Å²) in [7, 11) is 0. The van der Waals surface area contributed by atoms with E-state index in [0.717, 1.165) is 41.1 Å². The molecule has 1 heterocycles. The van der Waals surface area contributed by atoms with Crippen LogP contribution >= 0.6 is 28.1 Å². The maximum atomic E-state index is 5.42. The van der Waals surface area contributed by atoms with E-state index in [4.69, 9.17) is 12.2 Å². The highest BCUT2D eigenvalue weighted by Crippen LogP contribution is 2.21. The minimum Gasteiger partial charge on any atom is -0.362 e. The highest BCUT2D eigenvalue weighted by Gasteiger charge is 2.09. The van der Waals surface area contributed by atoms with Gasteiger partial charge in [-0.25, -0.2) is 0 Å². The van der Waals surface area contributed by atoms with E-state index >= 15 is 0 Å². The number of benzene rings is 2. The lowest BCUT2D eigenvalue weighted by atomic mass is 10.1. The summed E-state index contributed by atoms with van der Waals surface area (Å²) < 4.78 is 3.08. The van der Waals surface area contributed by atoms with Crippen LogP contribution in [0.5, 0.6) is 0 Å². The van der Waals surface area contributed by atoms with Gasteiger partial charge in [-0.15, -0.1) is 0 Å². The molecule has 2 aromatic carbocycles. The van der Waals surface area contributed by atoms with Gasteiger partial charge >= 0.3 is 0 Å². The van der Waals surface area contributed by atoms with Crippen molar-refractivity contribution in [1.82, 2.24) is 15.1 Å². The number of hydrogen-bond acceptors (Lipinski definition) is 2. The smallest absolute Gasteiger partial charge is 0.170 e. The zero-order valence-corrected chi connectivity index (χ0v) is 17.9. The van der Waals surface area contributed by atoms with Gasteiger partial charge < -0.3 is 10.6 Å². The minimum atomic E-state index is 0.636. The van der Waals surface area contributed by atoms with E-state index in [0.29, 0.717) is 5.11 Å². The average Bonchev–Trinajstić information content (AvgIpc) is 2.90. The van der Waals surface area contributed by atoms with Crippen LogP contribution in [-0.4, -0.2) is 21.4 Å². The molecule has 0 saturated carbocycles.